The largest absolute Gasteiger partial charge is 0.439 e. The van der Waals surface area contributed by atoms with Gasteiger partial charge in [-0.3, -0.25) is 0 Å². The number of aromatic nitrogens is 1. The standard InChI is InChI=1S/C10H7ClINO/c11-5-10-13-6-9(14-10)7-3-1-2-4-8(7)12/h1-4,6H,5H2. The van der Waals surface area contributed by atoms with E-state index >= 15 is 0 Å². The third-order valence-corrected chi connectivity index (χ3v) is 2.98. The fourth-order valence-corrected chi connectivity index (χ4v) is 1.93. The van der Waals surface area contributed by atoms with Crippen LogP contribution in [0.3, 0.4) is 0 Å². The van der Waals surface area contributed by atoms with Gasteiger partial charge in [-0.1, -0.05) is 18.2 Å². The van der Waals surface area contributed by atoms with Gasteiger partial charge in [0.1, 0.15) is 0 Å². The maximum Gasteiger partial charge on any atom is 0.209 e. The Balaban J connectivity index is 2.44. The van der Waals surface area contributed by atoms with E-state index in [1.165, 1.54) is 0 Å². The van der Waals surface area contributed by atoms with Crippen LogP contribution in [0.5, 0.6) is 0 Å². The Morgan fingerprint density at radius 3 is 2.79 bits per heavy atom. The summed E-state index contributed by atoms with van der Waals surface area (Å²) in [5.41, 5.74) is 1.05. The van der Waals surface area contributed by atoms with Crippen LogP contribution in [0, 0.1) is 3.57 Å². The van der Waals surface area contributed by atoms with Crippen molar-refractivity contribution in [3.8, 4) is 11.3 Å². The van der Waals surface area contributed by atoms with E-state index in [1.54, 1.807) is 6.20 Å². The summed E-state index contributed by atoms with van der Waals surface area (Å²) in [5.74, 6) is 1.63. The second kappa shape index (κ2) is 4.31. The molecule has 2 aromatic rings. The molecule has 2 rings (SSSR count). The van der Waals surface area contributed by atoms with Crippen molar-refractivity contribution in [2.75, 3.05) is 0 Å². The minimum absolute atomic E-state index is 0.309. The fraction of sp³-hybridized carbons (Fsp3) is 0.100. The van der Waals surface area contributed by atoms with Crippen molar-refractivity contribution in [3.63, 3.8) is 0 Å². The normalized spacial score (nSPS) is 10.4. The molecule has 0 aliphatic heterocycles. The molecular formula is C10H7ClINO. The highest BCUT2D eigenvalue weighted by Gasteiger charge is 2.07. The van der Waals surface area contributed by atoms with Gasteiger partial charge >= 0.3 is 0 Å². The second-order valence-electron chi connectivity index (χ2n) is 2.73. The molecule has 0 radical (unpaired) electrons. The van der Waals surface area contributed by atoms with Gasteiger partial charge in [-0.15, -0.1) is 11.6 Å². The number of hydrogen-bond donors (Lipinski definition) is 0. The van der Waals surface area contributed by atoms with E-state index in [2.05, 4.69) is 27.6 Å². The fourth-order valence-electron chi connectivity index (χ4n) is 1.16. The molecule has 0 aliphatic rings. The van der Waals surface area contributed by atoms with Gasteiger partial charge in [0.25, 0.3) is 0 Å². The molecule has 1 aromatic heterocycles. The van der Waals surface area contributed by atoms with E-state index in [1.807, 2.05) is 24.3 Å². The summed E-state index contributed by atoms with van der Waals surface area (Å²) in [5, 5.41) is 0. The first kappa shape index (κ1) is 9.98. The maximum atomic E-state index is 5.61. The Morgan fingerprint density at radius 2 is 2.14 bits per heavy atom. The molecule has 4 heteroatoms. The molecule has 0 spiro atoms. The van der Waals surface area contributed by atoms with Crippen LogP contribution in [0.25, 0.3) is 11.3 Å². The van der Waals surface area contributed by atoms with Crippen LogP contribution in [-0.4, -0.2) is 4.98 Å². The van der Waals surface area contributed by atoms with Gasteiger partial charge in [-0.25, -0.2) is 4.98 Å². The molecule has 0 atom stereocenters. The van der Waals surface area contributed by atoms with E-state index in [9.17, 15) is 0 Å². The van der Waals surface area contributed by atoms with Gasteiger partial charge in [-0.05, 0) is 28.7 Å². The highest BCUT2D eigenvalue weighted by molar-refractivity contribution is 14.1. The van der Waals surface area contributed by atoms with Crippen molar-refractivity contribution in [3.05, 3.63) is 39.9 Å². The van der Waals surface area contributed by atoms with Gasteiger partial charge in [-0.2, -0.15) is 0 Å². The van der Waals surface area contributed by atoms with Crippen molar-refractivity contribution in [2.24, 2.45) is 0 Å². The van der Waals surface area contributed by atoms with Crippen LogP contribution in [0.2, 0.25) is 0 Å². The third-order valence-electron chi connectivity index (χ3n) is 1.81. The Hall–Kier alpha value is -0.550. The number of benzene rings is 1. The first-order valence-corrected chi connectivity index (χ1v) is 5.68. The topological polar surface area (TPSA) is 26.0 Å². The Morgan fingerprint density at radius 1 is 1.36 bits per heavy atom. The molecule has 0 amide bonds. The van der Waals surface area contributed by atoms with Crippen LogP contribution in [0.15, 0.2) is 34.9 Å². The summed E-state index contributed by atoms with van der Waals surface area (Å²) in [4.78, 5) is 4.05. The van der Waals surface area contributed by atoms with E-state index in [-0.39, 0.29) is 0 Å². The second-order valence-corrected chi connectivity index (χ2v) is 4.16. The van der Waals surface area contributed by atoms with Crippen LogP contribution in [0.1, 0.15) is 5.89 Å². The molecule has 1 aromatic carbocycles. The Labute approximate surface area is 100 Å². The number of rotatable bonds is 2. The maximum absolute atomic E-state index is 5.61. The molecule has 0 bridgehead atoms. The summed E-state index contributed by atoms with van der Waals surface area (Å²) in [6, 6.07) is 7.99. The van der Waals surface area contributed by atoms with Gasteiger partial charge in [0.15, 0.2) is 5.76 Å². The molecular weight excluding hydrogens is 312 g/mol. The zero-order chi connectivity index (χ0) is 9.97. The monoisotopic (exact) mass is 319 g/mol. The van der Waals surface area contributed by atoms with E-state index in [4.69, 9.17) is 16.0 Å². The first-order chi connectivity index (χ1) is 6.81. The predicted molar refractivity (Wildman–Crippen MR) is 64.2 cm³/mol. The number of oxazole rings is 1. The summed E-state index contributed by atoms with van der Waals surface area (Å²) < 4.78 is 6.59. The Kier molecular flexibility index (Phi) is 3.08. The van der Waals surface area contributed by atoms with Gasteiger partial charge in [0.2, 0.25) is 5.89 Å². The molecule has 0 saturated carbocycles. The van der Waals surface area contributed by atoms with E-state index in [0.717, 1.165) is 14.9 Å². The molecule has 2 nitrogen and oxygen atoms in total. The lowest BCUT2D eigenvalue weighted by atomic mass is 10.2. The van der Waals surface area contributed by atoms with E-state index < -0.39 is 0 Å². The molecule has 1 heterocycles. The molecule has 0 aliphatic carbocycles. The molecule has 14 heavy (non-hydrogen) atoms. The van der Waals surface area contributed by atoms with Crippen LogP contribution in [-0.2, 0) is 5.88 Å². The third kappa shape index (κ3) is 1.93. The van der Waals surface area contributed by atoms with Crippen LogP contribution >= 0.6 is 34.2 Å². The highest BCUT2D eigenvalue weighted by atomic mass is 127. The molecule has 0 unspecified atom stereocenters. The average Bonchev–Trinajstić information content (AvgIpc) is 2.67. The average molecular weight is 320 g/mol. The zero-order valence-corrected chi connectivity index (χ0v) is 10.1. The lowest BCUT2D eigenvalue weighted by molar-refractivity contribution is 0.528. The van der Waals surface area contributed by atoms with Crippen molar-refractivity contribution in [2.45, 2.75) is 5.88 Å². The highest BCUT2D eigenvalue weighted by Crippen LogP contribution is 2.25. The number of alkyl halides is 1. The van der Waals surface area contributed by atoms with Crippen molar-refractivity contribution >= 4 is 34.2 Å². The van der Waals surface area contributed by atoms with Crippen molar-refractivity contribution < 1.29 is 4.42 Å². The summed E-state index contributed by atoms with van der Waals surface area (Å²) in [6.45, 7) is 0. The molecule has 0 saturated heterocycles. The minimum atomic E-state index is 0.309. The van der Waals surface area contributed by atoms with Crippen molar-refractivity contribution in [1.29, 1.82) is 0 Å². The number of hydrogen-bond acceptors (Lipinski definition) is 2. The SMILES string of the molecule is ClCc1ncc(-c2ccccc2I)o1. The quantitative estimate of drug-likeness (QED) is 0.623. The summed E-state index contributed by atoms with van der Waals surface area (Å²) >= 11 is 7.87. The zero-order valence-electron chi connectivity index (χ0n) is 7.21. The smallest absolute Gasteiger partial charge is 0.209 e. The predicted octanol–water partition coefficient (Wildman–Crippen LogP) is 3.69. The summed E-state index contributed by atoms with van der Waals surface area (Å²) in [6.07, 6.45) is 1.70. The van der Waals surface area contributed by atoms with Gasteiger partial charge < -0.3 is 4.42 Å². The van der Waals surface area contributed by atoms with Crippen molar-refractivity contribution in [1.82, 2.24) is 4.98 Å². The van der Waals surface area contributed by atoms with Gasteiger partial charge in [0.05, 0.1) is 12.1 Å². The number of halogens is 2. The molecule has 72 valence electrons. The summed E-state index contributed by atoms with van der Waals surface area (Å²) in [7, 11) is 0. The Bertz CT molecular complexity index is 441. The lowest BCUT2D eigenvalue weighted by Crippen LogP contribution is -1.78. The molecule has 0 fully saturated rings. The molecule has 0 N–H and O–H groups in total. The first-order valence-electron chi connectivity index (χ1n) is 4.07. The van der Waals surface area contributed by atoms with Crippen LogP contribution in [0.4, 0.5) is 0 Å². The minimum Gasteiger partial charge on any atom is -0.439 e. The lowest BCUT2D eigenvalue weighted by Gasteiger charge is -1.98. The van der Waals surface area contributed by atoms with Gasteiger partial charge in [0, 0.05) is 9.13 Å². The number of nitrogens with zero attached hydrogens (tertiary/aromatic N) is 1. The van der Waals surface area contributed by atoms with Crippen LogP contribution < -0.4 is 0 Å². The van der Waals surface area contributed by atoms with E-state index in [0.29, 0.717) is 11.8 Å².